The van der Waals surface area contributed by atoms with Gasteiger partial charge in [-0.05, 0) is 13.3 Å². The molecule has 0 spiro atoms. The van der Waals surface area contributed by atoms with Gasteiger partial charge in [0.1, 0.15) is 5.56 Å². The highest BCUT2D eigenvalue weighted by atomic mass is 16.5. The van der Waals surface area contributed by atoms with Gasteiger partial charge in [-0.2, -0.15) is 10.4 Å². The number of esters is 1. The lowest BCUT2D eigenvalue weighted by Gasteiger charge is -2.05. The summed E-state index contributed by atoms with van der Waals surface area (Å²) in [5.41, 5.74) is 1.33. The summed E-state index contributed by atoms with van der Waals surface area (Å²) in [6.45, 7) is 4.58. The van der Waals surface area contributed by atoms with E-state index < -0.39 is 0 Å². The van der Waals surface area contributed by atoms with E-state index in [0.717, 1.165) is 5.69 Å². The minimum atomic E-state index is -0.345. The smallest absolute Gasteiger partial charge is 0.341 e. The van der Waals surface area contributed by atoms with E-state index in [-0.39, 0.29) is 5.97 Å². The molecule has 5 heteroatoms. The Bertz CT molecular complexity index is 404. The first-order valence-electron chi connectivity index (χ1n) is 5.33. The van der Waals surface area contributed by atoms with Crippen molar-refractivity contribution in [1.82, 2.24) is 9.78 Å². The van der Waals surface area contributed by atoms with Crippen molar-refractivity contribution in [2.24, 2.45) is 0 Å². The molecule has 0 N–H and O–H groups in total. The van der Waals surface area contributed by atoms with Crippen LogP contribution < -0.4 is 0 Å². The fourth-order valence-corrected chi connectivity index (χ4v) is 1.51. The van der Waals surface area contributed by atoms with Crippen molar-refractivity contribution in [3.63, 3.8) is 0 Å². The highest BCUT2D eigenvalue weighted by Gasteiger charge is 2.16. The van der Waals surface area contributed by atoms with Gasteiger partial charge in [-0.3, -0.25) is 4.68 Å². The molecule has 0 aromatic carbocycles. The molecular formula is C11H15N3O2. The van der Waals surface area contributed by atoms with Crippen LogP contribution in [-0.2, 0) is 17.7 Å². The minimum absolute atomic E-state index is 0.345. The van der Waals surface area contributed by atoms with Gasteiger partial charge in [-0.25, -0.2) is 4.79 Å². The summed E-state index contributed by atoms with van der Waals surface area (Å²) in [7, 11) is 0. The van der Waals surface area contributed by atoms with Crippen molar-refractivity contribution < 1.29 is 9.53 Å². The molecule has 5 nitrogen and oxygen atoms in total. The summed E-state index contributed by atoms with van der Waals surface area (Å²) >= 11 is 0. The number of hydrogen-bond acceptors (Lipinski definition) is 4. The Kier molecular flexibility index (Phi) is 4.52. The predicted molar refractivity (Wildman–Crippen MR) is 57.8 cm³/mol. The van der Waals surface area contributed by atoms with Crippen LogP contribution in [0.5, 0.6) is 0 Å². The Labute approximate surface area is 94.6 Å². The molecule has 0 atom stereocenters. The van der Waals surface area contributed by atoms with Gasteiger partial charge in [-0.1, -0.05) is 6.92 Å². The van der Waals surface area contributed by atoms with Crippen LogP contribution in [0.2, 0.25) is 0 Å². The molecule has 0 fully saturated rings. The number of ether oxygens (including phenoxy) is 1. The summed E-state index contributed by atoms with van der Waals surface area (Å²) in [6.07, 6.45) is 2.59. The van der Waals surface area contributed by atoms with Gasteiger partial charge < -0.3 is 4.74 Å². The highest BCUT2D eigenvalue weighted by Crippen LogP contribution is 2.11. The number of aryl methyl sites for hydroxylation is 1. The molecule has 0 bridgehead atoms. The van der Waals surface area contributed by atoms with Crippen LogP contribution in [-0.4, -0.2) is 22.4 Å². The van der Waals surface area contributed by atoms with Crippen LogP contribution in [0.15, 0.2) is 6.20 Å². The van der Waals surface area contributed by atoms with E-state index in [4.69, 9.17) is 10.00 Å². The molecule has 0 unspecified atom stereocenters. The number of carbonyl (C=O) groups is 1. The van der Waals surface area contributed by atoms with Crippen molar-refractivity contribution in [3.05, 3.63) is 17.5 Å². The molecule has 0 aliphatic carbocycles. The first-order chi connectivity index (χ1) is 7.74. The van der Waals surface area contributed by atoms with Crippen LogP contribution in [0.4, 0.5) is 0 Å². The highest BCUT2D eigenvalue weighted by molar-refractivity contribution is 5.90. The molecule has 1 heterocycles. The second-order valence-electron chi connectivity index (χ2n) is 3.21. The average molecular weight is 221 g/mol. The van der Waals surface area contributed by atoms with Crippen molar-refractivity contribution in [2.75, 3.05) is 6.61 Å². The molecule has 16 heavy (non-hydrogen) atoms. The maximum Gasteiger partial charge on any atom is 0.341 e. The molecule has 1 rings (SSSR count). The van der Waals surface area contributed by atoms with Gasteiger partial charge in [0.25, 0.3) is 0 Å². The van der Waals surface area contributed by atoms with Crippen LogP contribution in [0.3, 0.4) is 0 Å². The second-order valence-corrected chi connectivity index (χ2v) is 3.21. The zero-order chi connectivity index (χ0) is 12.0. The molecule has 0 amide bonds. The SMILES string of the molecule is CCOC(=O)c1cnn(CCC#N)c1CC. The molecule has 86 valence electrons. The number of carbonyl (C=O) groups excluding carboxylic acids is 1. The summed E-state index contributed by atoms with van der Waals surface area (Å²) in [5.74, 6) is -0.345. The zero-order valence-corrected chi connectivity index (χ0v) is 9.56. The number of hydrogen-bond donors (Lipinski definition) is 0. The average Bonchev–Trinajstić information content (AvgIpc) is 2.69. The normalized spacial score (nSPS) is 9.81. The number of nitriles is 1. The number of aromatic nitrogens is 2. The van der Waals surface area contributed by atoms with Gasteiger partial charge in [0.15, 0.2) is 0 Å². The topological polar surface area (TPSA) is 67.9 Å². The first kappa shape index (κ1) is 12.2. The summed E-state index contributed by atoms with van der Waals surface area (Å²) < 4.78 is 6.62. The van der Waals surface area contributed by atoms with E-state index in [9.17, 15) is 4.79 Å². The molecule has 0 aliphatic heterocycles. The van der Waals surface area contributed by atoms with E-state index >= 15 is 0 Å². The maximum absolute atomic E-state index is 11.6. The Hall–Kier alpha value is -1.83. The summed E-state index contributed by atoms with van der Waals surface area (Å²) in [6, 6.07) is 2.05. The molecule has 0 saturated carbocycles. The summed E-state index contributed by atoms with van der Waals surface area (Å²) in [4.78, 5) is 11.6. The maximum atomic E-state index is 11.6. The second kappa shape index (κ2) is 5.91. The third-order valence-corrected chi connectivity index (χ3v) is 2.21. The quantitative estimate of drug-likeness (QED) is 0.707. The van der Waals surface area contributed by atoms with Crippen LogP contribution >= 0.6 is 0 Å². The summed E-state index contributed by atoms with van der Waals surface area (Å²) in [5, 5.41) is 12.6. The van der Waals surface area contributed by atoms with Crippen molar-refractivity contribution in [2.45, 2.75) is 33.2 Å². The Morgan fingerprint density at radius 3 is 2.94 bits per heavy atom. The third-order valence-electron chi connectivity index (χ3n) is 2.21. The molecule has 0 radical (unpaired) electrons. The van der Waals surface area contributed by atoms with E-state index in [1.165, 1.54) is 6.20 Å². The number of rotatable bonds is 5. The van der Waals surface area contributed by atoms with E-state index in [1.54, 1.807) is 11.6 Å². The Morgan fingerprint density at radius 2 is 2.38 bits per heavy atom. The Morgan fingerprint density at radius 1 is 1.62 bits per heavy atom. The lowest BCUT2D eigenvalue weighted by atomic mass is 10.2. The van der Waals surface area contributed by atoms with Crippen LogP contribution in [0, 0.1) is 11.3 Å². The zero-order valence-electron chi connectivity index (χ0n) is 9.56. The van der Waals surface area contributed by atoms with Gasteiger partial charge in [0.05, 0.1) is 37.5 Å². The van der Waals surface area contributed by atoms with Gasteiger partial charge in [0, 0.05) is 0 Å². The van der Waals surface area contributed by atoms with E-state index in [1.807, 2.05) is 6.92 Å². The molecule has 1 aromatic rings. The lowest BCUT2D eigenvalue weighted by Crippen LogP contribution is -2.10. The van der Waals surface area contributed by atoms with Crippen LogP contribution in [0.25, 0.3) is 0 Å². The van der Waals surface area contributed by atoms with Crippen molar-refractivity contribution in [1.29, 1.82) is 5.26 Å². The van der Waals surface area contributed by atoms with E-state index in [0.29, 0.717) is 31.6 Å². The van der Waals surface area contributed by atoms with E-state index in [2.05, 4.69) is 11.2 Å². The molecule has 1 aromatic heterocycles. The monoisotopic (exact) mass is 221 g/mol. The van der Waals surface area contributed by atoms with Crippen LogP contribution in [0.1, 0.15) is 36.3 Å². The van der Waals surface area contributed by atoms with Gasteiger partial charge in [0.2, 0.25) is 0 Å². The van der Waals surface area contributed by atoms with Gasteiger partial charge >= 0.3 is 5.97 Å². The standard InChI is InChI=1S/C11H15N3O2/c1-3-10-9(11(15)16-4-2)8-13-14(10)7-5-6-12/h8H,3-5,7H2,1-2H3. The molecule has 0 aliphatic rings. The fraction of sp³-hybridized carbons (Fsp3) is 0.545. The minimum Gasteiger partial charge on any atom is -0.462 e. The van der Waals surface area contributed by atoms with Crippen molar-refractivity contribution >= 4 is 5.97 Å². The molecular weight excluding hydrogens is 206 g/mol. The fourth-order valence-electron chi connectivity index (χ4n) is 1.51. The first-order valence-corrected chi connectivity index (χ1v) is 5.33. The third kappa shape index (κ3) is 2.60. The lowest BCUT2D eigenvalue weighted by molar-refractivity contribution is 0.0525. The largest absolute Gasteiger partial charge is 0.462 e. The van der Waals surface area contributed by atoms with Crippen molar-refractivity contribution in [3.8, 4) is 6.07 Å². The number of nitrogens with zero attached hydrogens (tertiary/aromatic N) is 3. The Balaban J connectivity index is 2.90. The predicted octanol–water partition coefficient (Wildman–Crippen LogP) is 1.54. The molecule has 0 saturated heterocycles. The van der Waals surface area contributed by atoms with Gasteiger partial charge in [-0.15, -0.1) is 0 Å².